The molecule has 23 heavy (non-hydrogen) atoms. The Hall–Kier alpha value is -2.37. The minimum Gasteiger partial charge on any atom is -0.352 e. The number of halogens is 1. The maximum absolute atomic E-state index is 13.3. The highest BCUT2D eigenvalue weighted by Crippen LogP contribution is 2.12. The summed E-state index contributed by atoms with van der Waals surface area (Å²) >= 11 is 0. The molecular weight excluding hydrogens is 293 g/mol. The quantitative estimate of drug-likeness (QED) is 0.696. The summed E-state index contributed by atoms with van der Waals surface area (Å²) in [5.74, 6) is 0.539. The Morgan fingerprint density at radius 2 is 2.13 bits per heavy atom. The number of aliphatic imine (C=N–C) groups is 1. The molecular formula is C17H24FN5. The first-order chi connectivity index (χ1) is 10.9. The molecule has 0 radical (unpaired) electrons. The predicted molar refractivity (Wildman–Crippen MR) is 90.7 cm³/mol. The molecule has 0 aliphatic heterocycles. The minimum atomic E-state index is -0.222. The second kappa shape index (κ2) is 7.26. The van der Waals surface area contributed by atoms with E-state index in [1.165, 1.54) is 11.6 Å². The SMILES string of the molecule is CN=C(NCc1c(C)nn(C)c1C)N(C)Cc1cccc(F)c1. The van der Waals surface area contributed by atoms with Crippen LogP contribution in [-0.4, -0.2) is 34.7 Å². The molecule has 0 bridgehead atoms. The normalized spacial score (nSPS) is 11.7. The molecule has 124 valence electrons. The van der Waals surface area contributed by atoms with E-state index in [2.05, 4.69) is 22.3 Å². The number of hydrogen-bond acceptors (Lipinski definition) is 2. The van der Waals surface area contributed by atoms with Crippen LogP contribution in [0.25, 0.3) is 0 Å². The zero-order valence-electron chi connectivity index (χ0n) is 14.4. The molecule has 0 saturated carbocycles. The monoisotopic (exact) mass is 317 g/mol. The lowest BCUT2D eigenvalue weighted by molar-refractivity contribution is 0.474. The molecule has 0 saturated heterocycles. The predicted octanol–water partition coefficient (Wildman–Crippen LogP) is 2.38. The lowest BCUT2D eigenvalue weighted by Crippen LogP contribution is -2.38. The number of nitrogens with one attached hydrogen (secondary N) is 1. The molecule has 1 aromatic carbocycles. The van der Waals surface area contributed by atoms with Gasteiger partial charge in [0.05, 0.1) is 5.69 Å². The highest BCUT2D eigenvalue weighted by atomic mass is 19.1. The van der Waals surface area contributed by atoms with Crippen molar-refractivity contribution in [2.75, 3.05) is 14.1 Å². The number of guanidine groups is 1. The van der Waals surface area contributed by atoms with E-state index in [1.54, 1.807) is 19.2 Å². The molecule has 0 amide bonds. The first kappa shape index (κ1) is 17.0. The van der Waals surface area contributed by atoms with E-state index in [1.807, 2.05) is 36.7 Å². The fraction of sp³-hybridized carbons (Fsp3) is 0.412. The Kier molecular flexibility index (Phi) is 5.36. The molecule has 0 spiro atoms. The maximum Gasteiger partial charge on any atom is 0.193 e. The minimum absolute atomic E-state index is 0.222. The number of hydrogen-bond donors (Lipinski definition) is 1. The summed E-state index contributed by atoms with van der Waals surface area (Å²) in [6.45, 7) is 5.30. The van der Waals surface area contributed by atoms with Crippen LogP contribution in [-0.2, 0) is 20.1 Å². The number of aromatic nitrogens is 2. The fourth-order valence-electron chi connectivity index (χ4n) is 2.61. The van der Waals surface area contributed by atoms with Crippen LogP contribution in [0.1, 0.15) is 22.5 Å². The molecule has 5 nitrogen and oxygen atoms in total. The van der Waals surface area contributed by atoms with Crippen molar-refractivity contribution in [3.05, 3.63) is 52.6 Å². The maximum atomic E-state index is 13.3. The van der Waals surface area contributed by atoms with Gasteiger partial charge in [0, 0.05) is 45.5 Å². The topological polar surface area (TPSA) is 45.5 Å². The molecule has 0 aliphatic carbocycles. The smallest absolute Gasteiger partial charge is 0.193 e. The van der Waals surface area contributed by atoms with Crippen molar-refractivity contribution < 1.29 is 4.39 Å². The van der Waals surface area contributed by atoms with Gasteiger partial charge in [0.25, 0.3) is 0 Å². The first-order valence-electron chi connectivity index (χ1n) is 7.57. The van der Waals surface area contributed by atoms with Gasteiger partial charge in [-0.15, -0.1) is 0 Å². The Labute approximate surface area is 136 Å². The van der Waals surface area contributed by atoms with Gasteiger partial charge in [-0.1, -0.05) is 12.1 Å². The summed E-state index contributed by atoms with van der Waals surface area (Å²) in [4.78, 5) is 6.27. The second-order valence-corrected chi connectivity index (χ2v) is 5.66. The van der Waals surface area contributed by atoms with Crippen molar-refractivity contribution in [1.82, 2.24) is 20.0 Å². The van der Waals surface area contributed by atoms with Crippen molar-refractivity contribution in [2.45, 2.75) is 26.9 Å². The Morgan fingerprint density at radius 3 is 2.70 bits per heavy atom. The van der Waals surface area contributed by atoms with Crippen molar-refractivity contribution in [2.24, 2.45) is 12.0 Å². The number of aryl methyl sites for hydroxylation is 2. The zero-order chi connectivity index (χ0) is 17.0. The zero-order valence-corrected chi connectivity index (χ0v) is 14.4. The summed E-state index contributed by atoms with van der Waals surface area (Å²) in [6, 6.07) is 6.61. The lowest BCUT2D eigenvalue weighted by atomic mass is 10.2. The van der Waals surface area contributed by atoms with Crippen LogP contribution in [0.4, 0.5) is 4.39 Å². The standard InChI is InChI=1S/C17H24FN5/c1-12-16(13(2)23(5)21-12)10-20-17(19-3)22(4)11-14-7-6-8-15(18)9-14/h6-9H,10-11H2,1-5H3,(H,19,20). The van der Waals surface area contributed by atoms with Crippen LogP contribution in [0.2, 0.25) is 0 Å². The highest BCUT2D eigenvalue weighted by Gasteiger charge is 2.12. The van der Waals surface area contributed by atoms with Gasteiger partial charge in [0.15, 0.2) is 5.96 Å². The fourth-order valence-corrected chi connectivity index (χ4v) is 2.61. The van der Waals surface area contributed by atoms with E-state index in [9.17, 15) is 4.39 Å². The molecule has 0 atom stereocenters. The molecule has 6 heteroatoms. The van der Waals surface area contributed by atoms with E-state index < -0.39 is 0 Å². The van der Waals surface area contributed by atoms with Crippen LogP contribution < -0.4 is 5.32 Å². The molecule has 1 aromatic heterocycles. The van der Waals surface area contributed by atoms with Crippen LogP contribution >= 0.6 is 0 Å². The van der Waals surface area contributed by atoms with Crippen molar-refractivity contribution in [3.8, 4) is 0 Å². The van der Waals surface area contributed by atoms with Crippen molar-refractivity contribution in [1.29, 1.82) is 0 Å². The Bertz CT molecular complexity index is 705. The average Bonchev–Trinajstić information content (AvgIpc) is 2.73. The van der Waals surface area contributed by atoms with E-state index in [-0.39, 0.29) is 5.82 Å². The molecule has 2 rings (SSSR count). The van der Waals surface area contributed by atoms with Gasteiger partial charge in [-0.2, -0.15) is 5.10 Å². The molecule has 0 unspecified atom stereocenters. The average molecular weight is 317 g/mol. The van der Waals surface area contributed by atoms with Gasteiger partial charge < -0.3 is 10.2 Å². The summed E-state index contributed by atoms with van der Waals surface area (Å²) in [5.41, 5.74) is 4.23. The molecule has 0 aliphatic rings. The third kappa shape index (κ3) is 4.09. The first-order valence-corrected chi connectivity index (χ1v) is 7.57. The number of rotatable bonds is 4. The highest BCUT2D eigenvalue weighted by molar-refractivity contribution is 5.79. The summed E-state index contributed by atoms with van der Waals surface area (Å²) in [6.07, 6.45) is 0. The van der Waals surface area contributed by atoms with Crippen LogP contribution in [0, 0.1) is 19.7 Å². The summed E-state index contributed by atoms with van der Waals surface area (Å²) < 4.78 is 15.2. The van der Waals surface area contributed by atoms with E-state index in [0.29, 0.717) is 13.1 Å². The molecule has 1 heterocycles. The third-order valence-electron chi connectivity index (χ3n) is 3.96. The van der Waals surface area contributed by atoms with Gasteiger partial charge in [0.2, 0.25) is 0 Å². The van der Waals surface area contributed by atoms with Crippen molar-refractivity contribution >= 4 is 5.96 Å². The third-order valence-corrected chi connectivity index (χ3v) is 3.96. The number of nitrogens with zero attached hydrogens (tertiary/aromatic N) is 4. The van der Waals surface area contributed by atoms with Gasteiger partial charge in [-0.05, 0) is 31.5 Å². The van der Waals surface area contributed by atoms with Gasteiger partial charge >= 0.3 is 0 Å². The van der Waals surface area contributed by atoms with E-state index in [4.69, 9.17) is 0 Å². The van der Waals surface area contributed by atoms with E-state index >= 15 is 0 Å². The van der Waals surface area contributed by atoms with E-state index in [0.717, 1.165) is 22.9 Å². The van der Waals surface area contributed by atoms with Gasteiger partial charge in [-0.25, -0.2) is 4.39 Å². The van der Waals surface area contributed by atoms with Crippen molar-refractivity contribution in [3.63, 3.8) is 0 Å². The number of benzene rings is 1. The van der Waals surface area contributed by atoms with Crippen LogP contribution in [0.5, 0.6) is 0 Å². The van der Waals surface area contributed by atoms with Gasteiger partial charge in [0.1, 0.15) is 5.82 Å². The van der Waals surface area contributed by atoms with Gasteiger partial charge in [-0.3, -0.25) is 9.67 Å². The molecule has 2 aromatic rings. The van der Waals surface area contributed by atoms with Crippen LogP contribution in [0.15, 0.2) is 29.3 Å². The molecule has 1 N–H and O–H groups in total. The Morgan fingerprint density at radius 1 is 1.39 bits per heavy atom. The lowest BCUT2D eigenvalue weighted by Gasteiger charge is -2.22. The second-order valence-electron chi connectivity index (χ2n) is 5.66. The summed E-state index contributed by atoms with van der Waals surface area (Å²) in [5, 5.41) is 7.76. The largest absolute Gasteiger partial charge is 0.352 e. The Balaban J connectivity index is 2.02. The van der Waals surface area contributed by atoms with Crippen LogP contribution in [0.3, 0.4) is 0 Å². The summed E-state index contributed by atoms with van der Waals surface area (Å²) in [7, 11) is 5.62. The molecule has 0 fully saturated rings.